The van der Waals surface area contributed by atoms with E-state index in [-0.39, 0.29) is 0 Å². The fourth-order valence-corrected chi connectivity index (χ4v) is 2.04. The van der Waals surface area contributed by atoms with Gasteiger partial charge >= 0.3 is 0 Å². The molecule has 4 heteroatoms. The van der Waals surface area contributed by atoms with Crippen LogP contribution in [0.5, 0.6) is 0 Å². The van der Waals surface area contributed by atoms with Crippen molar-refractivity contribution in [3.63, 3.8) is 0 Å². The van der Waals surface area contributed by atoms with Crippen molar-refractivity contribution in [1.29, 1.82) is 0 Å². The zero-order chi connectivity index (χ0) is 8.97. The second kappa shape index (κ2) is 4.99. The van der Waals surface area contributed by atoms with Gasteiger partial charge in [0.15, 0.2) is 0 Å². The molecule has 0 aromatic carbocycles. The predicted molar refractivity (Wildman–Crippen MR) is 59.3 cm³/mol. The van der Waals surface area contributed by atoms with Gasteiger partial charge in [-0.15, -0.1) is 0 Å². The molecule has 0 aliphatic rings. The van der Waals surface area contributed by atoms with Crippen LogP contribution in [-0.2, 0) is 6.42 Å². The van der Waals surface area contributed by atoms with Gasteiger partial charge in [0.2, 0.25) is 0 Å². The lowest BCUT2D eigenvalue weighted by Gasteiger charge is -2.04. The molecule has 0 unspecified atom stereocenters. The normalized spacial score (nSPS) is 10.2. The van der Waals surface area contributed by atoms with Crippen molar-refractivity contribution in [2.24, 2.45) is 5.73 Å². The van der Waals surface area contributed by atoms with Gasteiger partial charge in [-0.3, -0.25) is 0 Å². The van der Waals surface area contributed by atoms with Crippen LogP contribution >= 0.6 is 34.2 Å². The molecule has 1 aromatic rings. The Morgan fingerprint density at radius 2 is 2.33 bits per heavy atom. The summed E-state index contributed by atoms with van der Waals surface area (Å²) in [6.07, 6.45) is 3.60. The molecule has 66 valence electrons. The smallest absolute Gasteiger partial charge is 0.133 e. The summed E-state index contributed by atoms with van der Waals surface area (Å²) in [4.78, 5) is 4.01. The molecule has 2 nitrogen and oxygen atoms in total. The van der Waals surface area contributed by atoms with Crippen LogP contribution in [-0.4, -0.2) is 11.5 Å². The molecule has 0 fully saturated rings. The maximum atomic E-state index is 5.91. The molecule has 0 spiro atoms. The highest BCUT2D eigenvalue weighted by Gasteiger charge is 2.04. The summed E-state index contributed by atoms with van der Waals surface area (Å²) in [5.41, 5.74) is 6.53. The van der Waals surface area contributed by atoms with Crippen molar-refractivity contribution in [3.05, 3.63) is 26.5 Å². The Kier molecular flexibility index (Phi) is 4.25. The van der Waals surface area contributed by atoms with Gasteiger partial charge in [-0.2, -0.15) is 0 Å². The number of rotatable bonds is 3. The molecule has 0 bridgehead atoms. The monoisotopic (exact) mass is 296 g/mol. The molecule has 0 aliphatic carbocycles. The van der Waals surface area contributed by atoms with Crippen LogP contribution in [0, 0.1) is 3.57 Å². The van der Waals surface area contributed by atoms with E-state index in [1.807, 2.05) is 6.07 Å². The molecule has 1 heterocycles. The number of nitrogens with two attached hydrogens (primary N) is 1. The lowest BCUT2D eigenvalue weighted by atomic mass is 10.1. The molecule has 1 aromatic heterocycles. The lowest BCUT2D eigenvalue weighted by Crippen LogP contribution is -2.02. The van der Waals surface area contributed by atoms with E-state index in [0.29, 0.717) is 11.7 Å². The molecule has 2 N–H and O–H groups in total. The standard InChI is InChI=1S/C8H10ClIN2/c9-8-6(2-1-4-11)7(10)3-5-12-8/h3,5H,1-2,4,11H2. The Bertz CT molecular complexity index is 245. The zero-order valence-electron chi connectivity index (χ0n) is 6.56. The molecule has 0 saturated heterocycles. The summed E-state index contributed by atoms with van der Waals surface area (Å²) in [5.74, 6) is 0. The summed E-state index contributed by atoms with van der Waals surface area (Å²) >= 11 is 8.17. The molecule has 12 heavy (non-hydrogen) atoms. The van der Waals surface area contributed by atoms with E-state index >= 15 is 0 Å². The minimum Gasteiger partial charge on any atom is -0.330 e. The molecular formula is C8H10ClIN2. The highest BCUT2D eigenvalue weighted by molar-refractivity contribution is 14.1. The van der Waals surface area contributed by atoms with Crippen molar-refractivity contribution in [2.75, 3.05) is 6.54 Å². The quantitative estimate of drug-likeness (QED) is 0.686. The molecule has 0 radical (unpaired) electrons. The number of aromatic nitrogens is 1. The number of hydrogen-bond donors (Lipinski definition) is 1. The van der Waals surface area contributed by atoms with Crippen LogP contribution in [0.15, 0.2) is 12.3 Å². The molecule has 1 rings (SSSR count). The van der Waals surface area contributed by atoms with Gasteiger partial charge in [-0.05, 0) is 48.0 Å². The summed E-state index contributed by atoms with van der Waals surface area (Å²) in [6.45, 7) is 0.696. The number of hydrogen-bond acceptors (Lipinski definition) is 2. The third kappa shape index (κ3) is 2.57. The predicted octanol–water partition coefficient (Wildman–Crippen LogP) is 2.23. The van der Waals surface area contributed by atoms with Crippen molar-refractivity contribution in [1.82, 2.24) is 4.98 Å². The fraction of sp³-hybridized carbons (Fsp3) is 0.375. The highest BCUT2D eigenvalue weighted by Crippen LogP contribution is 2.20. The highest BCUT2D eigenvalue weighted by atomic mass is 127. The SMILES string of the molecule is NCCCc1c(I)ccnc1Cl. The van der Waals surface area contributed by atoms with Gasteiger partial charge in [0.05, 0.1) is 0 Å². The fourth-order valence-electron chi connectivity index (χ4n) is 0.947. The summed E-state index contributed by atoms with van der Waals surface area (Å²) in [7, 11) is 0. The van der Waals surface area contributed by atoms with Crippen LogP contribution in [0.2, 0.25) is 5.15 Å². The molecule has 0 amide bonds. The third-order valence-electron chi connectivity index (χ3n) is 1.58. The first-order valence-electron chi connectivity index (χ1n) is 3.74. The first-order chi connectivity index (χ1) is 5.75. The minimum absolute atomic E-state index is 0.607. The Morgan fingerprint density at radius 3 is 2.92 bits per heavy atom. The topological polar surface area (TPSA) is 38.9 Å². The summed E-state index contributed by atoms with van der Waals surface area (Å²) in [6, 6.07) is 1.96. The first kappa shape index (κ1) is 10.2. The largest absolute Gasteiger partial charge is 0.330 e. The molecule has 0 aliphatic heterocycles. The maximum Gasteiger partial charge on any atom is 0.133 e. The van der Waals surface area contributed by atoms with E-state index in [1.54, 1.807) is 6.20 Å². The number of halogens is 2. The minimum atomic E-state index is 0.607. The van der Waals surface area contributed by atoms with E-state index in [1.165, 1.54) is 3.57 Å². The van der Waals surface area contributed by atoms with Gasteiger partial charge in [-0.25, -0.2) is 4.98 Å². The van der Waals surface area contributed by atoms with E-state index in [0.717, 1.165) is 18.4 Å². The lowest BCUT2D eigenvalue weighted by molar-refractivity contribution is 0.825. The van der Waals surface area contributed by atoms with Crippen molar-refractivity contribution < 1.29 is 0 Å². The van der Waals surface area contributed by atoms with Gasteiger partial charge in [-0.1, -0.05) is 11.6 Å². The third-order valence-corrected chi connectivity index (χ3v) is 2.91. The molecule has 0 saturated carbocycles. The summed E-state index contributed by atoms with van der Waals surface area (Å²) in [5, 5.41) is 0.607. The van der Waals surface area contributed by atoms with Gasteiger partial charge in [0, 0.05) is 15.3 Å². The number of pyridine rings is 1. The van der Waals surface area contributed by atoms with E-state index in [4.69, 9.17) is 17.3 Å². The Balaban J connectivity index is 2.81. The van der Waals surface area contributed by atoms with Crippen LogP contribution in [0.3, 0.4) is 0 Å². The second-order valence-corrected chi connectivity index (χ2v) is 3.97. The van der Waals surface area contributed by atoms with Crippen LogP contribution < -0.4 is 5.73 Å². The number of nitrogens with zero attached hydrogens (tertiary/aromatic N) is 1. The van der Waals surface area contributed by atoms with Gasteiger partial charge < -0.3 is 5.73 Å². The molecular weight excluding hydrogens is 286 g/mol. The van der Waals surface area contributed by atoms with Crippen molar-refractivity contribution in [3.8, 4) is 0 Å². The van der Waals surface area contributed by atoms with Crippen molar-refractivity contribution in [2.45, 2.75) is 12.8 Å². The van der Waals surface area contributed by atoms with Gasteiger partial charge in [0.1, 0.15) is 5.15 Å². The Morgan fingerprint density at radius 1 is 1.58 bits per heavy atom. The van der Waals surface area contributed by atoms with Crippen LogP contribution in [0.1, 0.15) is 12.0 Å². The van der Waals surface area contributed by atoms with Crippen LogP contribution in [0.25, 0.3) is 0 Å². The van der Waals surface area contributed by atoms with E-state index < -0.39 is 0 Å². The van der Waals surface area contributed by atoms with Gasteiger partial charge in [0.25, 0.3) is 0 Å². The average Bonchev–Trinajstić information content (AvgIpc) is 2.04. The molecule has 0 atom stereocenters. The first-order valence-corrected chi connectivity index (χ1v) is 5.20. The maximum absolute atomic E-state index is 5.91. The average molecular weight is 297 g/mol. The van der Waals surface area contributed by atoms with Crippen LogP contribution in [0.4, 0.5) is 0 Å². The summed E-state index contributed by atoms with van der Waals surface area (Å²) < 4.78 is 1.17. The van der Waals surface area contributed by atoms with Crippen molar-refractivity contribution >= 4 is 34.2 Å². The Hall–Kier alpha value is 0.130. The van der Waals surface area contributed by atoms with E-state index in [2.05, 4.69) is 27.6 Å². The Labute approximate surface area is 90.7 Å². The zero-order valence-corrected chi connectivity index (χ0v) is 9.47. The van der Waals surface area contributed by atoms with E-state index in [9.17, 15) is 0 Å². The second-order valence-electron chi connectivity index (χ2n) is 2.45.